The van der Waals surface area contributed by atoms with E-state index in [0.717, 1.165) is 17.0 Å². The number of halogens is 3. The fraction of sp³-hybridized carbons (Fsp3) is 0.0667. The van der Waals surface area contributed by atoms with Crippen LogP contribution in [-0.4, -0.2) is 11.9 Å². The number of alkyl halides is 3. The molecule has 0 fully saturated rings. The number of rotatable bonds is 2. The van der Waals surface area contributed by atoms with E-state index in [2.05, 4.69) is 4.99 Å². The average Bonchev–Trinajstić information content (AvgIpc) is 3.09. The Bertz CT molecular complexity index is 759. The summed E-state index contributed by atoms with van der Waals surface area (Å²) in [7, 11) is 0. The van der Waals surface area contributed by atoms with Crippen molar-refractivity contribution < 1.29 is 22.7 Å². The predicted octanol–water partition coefficient (Wildman–Crippen LogP) is 4.11. The van der Waals surface area contributed by atoms with Crippen LogP contribution >= 0.6 is 11.3 Å². The van der Waals surface area contributed by atoms with E-state index in [1.165, 1.54) is 23.5 Å². The molecular formula is C15H8F3NO2S. The van der Waals surface area contributed by atoms with Gasteiger partial charge in [-0.1, -0.05) is 6.07 Å². The minimum Gasteiger partial charge on any atom is -0.402 e. The highest BCUT2D eigenvalue weighted by Crippen LogP contribution is 2.29. The van der Waals surface area contributed by atoms with E-state index in [9.17, 15) is 18.0 Å². The van der Waals surface area contributed by atoms with Crippen LogP contribution in [0.25, 0.3) is 6.08 Å². The van der Waals surface area contributed by atoms with Gasteiger partial charge >= 0.3 is 12.1 Å². The van der Waals surface area contributed by atoms with Gasteiger partial charge < -0.3 is 4.74 Å². The highest BCUT2D eigenvalue weighted by atomic mass is 32.1. The maximum atomic E-state index is 12.5. The number of esters is 1. The Labute approximate surface area is 127 Å². The van der Waals surface area contributed by atoms with Crippen LogP contribution in [0, 0.1) is 0 Å². The number of hydrogen-bond donors (Lipinski definition) is 0. The summed E-state index contributed by atoms with van der Waals surface area (Å²) in [5.74, 6) is -0.621. The molecule has 0 aliphatic carbocycles. The van der Waals surface area contributed by atoms with Crippen molar-refractivity contribution in [2.75, 3.05) is 0 Å². The minimum atomic E-state index is -4.41. The molecule has 1 aromatic heterocycles. The van der Waals surface area contributed by atoms with Crippen molar-refractivity contribution in [2.45, 2.75) is 6.18 Å². The Hall–Kier alpha value is -2.41. The van der Waals surface area contributed by atoms with Crippen molar-refractivity contribution in [3.05, 3.63) is 63.5 Å². The topological polar surface area (TPSA) is 38.7 Å². The largest absolute Gasteiger partial charge is 0.416 e. The Morgan fingerprint density at radius 3 is 2.45 bits per heavy atom. The lowest BCUT2D eigenvalue weighted by molar-refractivity contribution is -0.137. The number of benzene rings is 1. The summed E-state index contributed by atoms with van der Waals surface area (Å²) in [4.78, 5) is 16.6. The molecule has 0 N–H and O–H groups in total. The van der Waals surface area contributed by atoms with Gasteiger partial charge in [0.15, 0.2) is 5.70 Å². The zero-order chi connectivity index (χ0) is 15.7. The summed E-state index contributed by atoms with van der Waals surface area (Å²) in [6, 6.07) is 7.94. The highest BCUT2D eigenvalue weighted by Gasteiger charge is 2.31. The number of carbonyl (C=O) groups is 1. The molecule has 3 nitrogen and oxygen atoms in total. The molecular weight excluding hydrogens is 315 g/mol. The van der Waals surface area contributed by atoms with Crippen molar-refractivity contribution >= 4 is 29.3 Å². The van der Waals surface area contributed by atoms with Gasteiger partial charge in [0.1, 0.15) is 0 Å². The molecule has 0 amide bonds. The summed E-state index contributed by atoms with van der Waals surface area (Å²) in [5.41, 5.74) is -0.330. The van der Waals surface area contributed by atoms with Crippen LogP contribution in [0.5, 0.6) is 0 Å². The number of ether oxygens (including phenoxy) is 1. The zero-order valence-electron chi connectivity index (χ0n) is 10.9. The number of carbonyl (C=O) groups excluding carboxylic acids is 1. The van der Waals surface area contributed by atoms with Crippen LogP contribution in [-0.2, 0) is 15.7 Å². The fourth-order valence-corrected chi connectivity index (χ4v) is 2.49. The van der Waals surface area contributed by atoms with Crippen molar-refractivity contribution in [3.63, 3.8) is 0 Å². The van der Waals surface area contributed by atoms with E-state index in [1.54, 1.807) is 6.08 Å². The quantitative estimate of drug-likeness (QED) is 0.616. The number of nitrogens with zero attached hydrogens (tertiary/aromatic N) is 1. The van der Waals surface area contributed by atoms with Crippen LogP contribution in [0.15, 0.2) is 52.5 Å². The van der Waals surface area contributed by atoms with Crippen molar-refractivity contribution in [2.24, 2.45) is 4.99 Å². The first-order valence-corrected chi connectivity index (χ1v) is 7.05. The summed E-state index contributed by atoms with van der Waals surface area (Å²) in [6.07, 6.45) is -2.83. The second-order valence-electron chi connectivity index (χ2n) is 4.43. The standard InChI is InChI=1S/C15H8F3NO2S/c16-15(17,18)10-5-3-9(4-6-10)13-19-12(14(20)21-13)8-11-2-1-7-22-11/h1-8H. The average molecular weight is 323 g/mol. The number of cyclic esters (lactones) is 1. The number of aliphatic imine (C=N–C) groups is 1. The van der Waals surface area contributed by atoms with Crippen LogP contribution < -0.4 is 0 Å². The molecule has 1 aliphatic rings. The van der Waals surface area contributed by atoms with Crippen LogP contribution in [0.4, 0.5) is 13.2 Å². The van der Waals surface area contributed by atoms with Gasteiger partial charge in [0.2, 0.25) is 5.90 Å². The van der Waals surface area contributed by atoms with Gasteiger partial charge in [-0.05, 0) is 41.8 Å². The van der Waals surface area contributed by atoms with Crippen molar-refractivity contribution in [3.8, 4) is 0 Å². The second kappa shape index (κ2) is 5.42. The molecule has 3 rings (SSSR count). The predicted molar refractivity (Wildman–Crippen MR) is 76.4 cm³/mol. The number of hydrogen-bond acceptors (Lipinski definition) is 4. The molecule has 0 saturated heterocycles. The van der Waals surface area contributed by atoms with Crippen LogP contribution in [0.2, 0.25) is 0 Å². The van der Waals surface area contributed by atoms with Gasteiger partial charge in [-0.3, -0.25) is 0 Å². The molecule has 1 aliphatic heterocycles. The molecule has 0 spiro atoms. The third-order valence-electron chi connectivity index (χ3n) is 2.90. The molecule has 2 heterocycles. The first-order chi connectivity index (χ1) is 10.4. The molecule has 22 heavy (non-hydrogen) atoms. The third kappa shape index (κ3) is 2.94. The highest BCUT2D eigenvalue weighted by molar-refractivity contribution is 7.10. The normalized spacial score (nSPS) is 16.8. The molecule has 0 bridgehead atoms. The molecule has 0 radical (unpaired) electrons. The lowest BCUT2D eigenvalue weighted by Crippen LogP contribution is -2.08. The molecule has 112 valence electrons. The van der Waals surface area contributed by atoms with Crippen molar-refractivity contribution in [1.29, 1.82) is 0 Å². The van der Waals surface area contributed by atoms with E-state index in [-0.39, 0.29) is 11.6 Å². The van der Waals surface area contributed by atoms with Crippen molar-refractivity contribution in [1.82, 2.24) is 0 Å². The molecule has 2 aromatic rings. The Kier molecular flexibility index (Phi) is 3.58. The zero-order valence-corrected chi connectivity index (χ0v) is 11.7. The van der Waals surface area contributed by atoms with Gasteiger partial charge in [0.25, 0.3) is 0 Å². The van der Waals surface area contributed by atoms with Gasteiger partial charge in [-0.2, -0.15) is 13.2 Å². The number of thiophene rings is 1. The summed E-state index contributed by atoms with van der Waals surface area (Å²) in [6.45, 7) is 0. The lowest BCUT2D eigenvalue weighted by Gasteiger charge is -2.06. The van der Waals surface area contributed by atoms with Crippen LogP contribution in [0.1, 0.15) is 16.0 Å². The summed E-state index contributed by atoms with van der Waals surface area (Å²) >= 11 is 1.44. The SMILES string of the molecule is O=C1OC(c2ccc(C(F)(F)F)cc2)=NC1=Cc1cccs1. The molecule has 0 atom stereocenters. The van der Waals surface area contributed by atoms with E-state index in [4.69, 9.17) is 4.74 Å². The molecule has 0 unspecified atom stereocenters. The van der Waals surface area contributed by atoms with E-state index in [1.807, 2.05) is 17.5 Å². The maximum Gasteiger partial charge on any atom is 0.416 e. The Balaban J connectivity index is 1.88. The minimum absolute atomic E-state index is 0.00142. The van der Waals surface area contributed by atoms with E-state index in [0.29, 0.717) is 5.56 Å². The molecule has 1 aromatic carbocycles. The maximum absolute atomic E-state index is 12.5. The first-order valence-electron chi connectivity index (χ1n) is 6.17. The molecule has 0 saturated carbocycles. The Morgan fingerprint density at radius 1 is 1.14 bits per heavy atom. The second-order valence-corrected chi connectivity index (χ2v) is 5.41. The summed E-state index contributed by atoms with van der Waals surface area (Å²) in [5, 5.41) is 1.85. The van der Waals surface area contributed by atoms with E-state index >= 15 is 0 Å². The van der Waals surface area contributed by atoms with Gasteiger partial charge in [-0.25, -0.2) is 9.79 Å². The van der Waals surface area contributed by atoms with Gasteiger partial charge in [0.05, 0.1) is 5.56 Å². The fourth-order valence-electron chi connectivity index (χ4n) is 1.84. The summed E-state index contributed by atoms with van der Waals surface area (Å²) < 4.78 is 42.5. The first kappa shape index (κ1) is 14.5. The Morgan fingerprint density at radius 2 is 1.86 bits per heavy atom. The van der Waals surface area contributed by atoms with Gasteiger partial charge in [-0.15, -0.1) is 11.3 Å². The van der Waals surface area contributed by atoms with E-state index < -0.39 is 17.7 Å². The van der Waals surface area contributed by atoms with Crippen LogP contribution in [0.3, 0.4) is 0 Å². The monoisotopic (exact) mass is 323 g/mol. The third-order valence-corrected chi connectivity index (χ3v) is 3.72. The molecule has 7 heteroatoms. The van der Waals surface area contributed by atoms with Gasteiger partial charge in [0, 0.05) is 10.4 Å². The smallest absolute Gasteiger partial charge is 0.402 e. The lowest BCUT2D eigenvalue weighted by atomic mass is 10.1.